The first-order valence-electron chi connectivity index (χ1n) is 2.17. The number of carbonyl (C=O) groups excluding carboxylic acids is 2. The Labute approximate surface area is 128 Å². The van der Waals surface area contributed by atoms with Gasteiger partial charge in [0.25, 0.3) is 0 Å². The van der Waals surface area contributed by atoms with Gasteiger partial charge in [-0.2, -0.15) is 0 Å². The van der Waals surface area contributed by atoms with Crippen molar-refractivity contribution in [1.29, 1.82) is 0 Å². The summed E-state index contributed by atoms with van der Waals surface area (Å²) < 4.78 is 0. The second-order valence-electron chi connectivity index (χ2n) is 1.19. The predicted molar refractivity (Wildman–Crippen MR) is 31.0 cm³/mol. The molecule has 0 aliphatic rings. The molecular weight excluding hydrogens is 369 g/mol. The summed E-state index contributed by atoms with van der Waals surface area (Å²) in [5.41, 5.74) is 0. The first-order chi connectivity index (χ1) is 5.29. The molecule has 0 fully saturated rings. The Morgan fingerprint density at radius 2 is 0.929 bits per heavy atom. The number of carboxylic acid groups (broad SMARTS) is 4. The molecule has 0 bridgehead atoms. The van der Waals surface area contributed by atoms with Crippen LogP contribution in [-0.4, -0.2) is 83.0 Å². The SMILES string of the molecule is O=C(O)C(=O)O.O=C([O-])C(=O)[O-].[Ba+2].[Fe]. The summed E-state index contributed by atoms with van der Waals surface area (Å²) in [5.74, 6) is -8.02. The fourth-order valence-corrected chi connectivity index (χ4v) is 0. The van der Waals surface area contributed by atoms with Gasteiger partial charge in [-0.15, -0.1) is 0 Å². The van der Waals surface area contributed by atoms with Gasteiger partial charge in [-0.1, -0.05) is 0 Å². The number of hydrogen-bond donors (Lipinski definition) is 2. The maximum atomic E-state index is 9.10. The van der Waals surface area contributed by atoms with Crippen LogP contribution in [0.25, 0.3) is 0 Å². The van der Waals surface area contributed by atoms with Crippen molar-refractivity contribution in [2.24, 2.45) is 0 Å². The predicted octanol–water partition coefficient (Wildman–Crippen LogP) is -4.74. The van der Waals surface area contributed by atoms with Crippen LogP contribution < -0.4 is 10.2 Å². The molecule has 0 amide bonds. The molecule has 0 heterocycles. The van der Waals surface area contributed by atoms with Crippen LogP contribution in [0.4, 0.5) is 0 Å². The van der Waals surface area contributed by atoms with Crippen molar-refractivity contribution in [3.63, 3.8) is 0 Å². The summed E-state index contributed by atoms with van der Waals surface area (Å²) in [7, 11) is 0. The zero-order chi connectivity index (χ0) is 10.3. The fraction of sp³-hybridized carbons (Fsp3) is 0. The molecule has 8 nitrogen and oxygen atoms in total. The third-order valence-electron chi connectivity index (χ3n) is 0.350. The van der Waals surface area contributed by atoms with Gasteiger partial charge in [0, 0.05) is 17.1 Å². The first kappa shape index (κ1) is 23.6. The number of hydrogen-bond acceptors (Lipinski definition) is 6. The van der Waals surface area contributed by atoms with E-state index in [4.69, 9.17) is 39.6 Å². The summed E-state index contributed by atoms with van der Waals surface area (Å²) in [4.78, 5) is 36.1. The van der Waals surface area contributed by atoms with Crippen molar-refractivity contribution in [3.05, 3.63) is 0 Å². The Morgan fingerprint density at radius 1 is 0.786 bits per heavy atom. The van der Waals surface area contributed by atoms with E-state index in [0.29, 0.717) is 0 Å². The van der Waals surface area contributed by atoms with E-state index in [-0.39, 0.29) is 65.9 Å². The molecule has 76 valence electrons. The first-order valence-corrected chi connectivity index (χ1v) is 2.17. The quantitative estimate of drug-likeness (QED) is 0.318. The van der Waals surface area contributed by atoms with E-state index < -0.39 is 23.9 Å². The van der Waals surface area contributed by atoms with Crippen molar-refractivity contribution in [2.45, 2.75) is 0 Å². The Kier molecular flexibility index (Phi) is 21.9. The third-order valence-corrected chi connectivity index (χ3v) is 0.350. The second kappa shape index (κ2) is 13.0. The molecule has 0 aromatic rings. The minimum atomic E-state index is -2.19. The molecule has 0 aliphatic carbocycles. The topological polar surface area (TPSA) is 155 Å². The van der Waals surface area contributed by atoms with Crippen LogP contribution >= 0.6 is 0 Å². The molecule has 0 spiro atoms. The summed E-state index contributed by atoms with van der Waals surface area (Å²) in [5, 5.41) is 32.6. The smallest absolute Gasteiger partial charge is 0.543 e. The van der Waals surface area contributed by atoms with Crippen LogP contribution in [0.2, 0.25) is 0 Å². The Balaban J connectivity index is -0.0000000625. The molecule has 0 aromatic heterocycles. The maximum Gasteiger partial charge on any atom is 2.00 e. The average Bonchev–Trinajstić information content (AvgIpc) is 1.88. The van der Waals surface area contributed by atoms with Crippen molar-refractivity contribution in [2.75, 3.05) is 0 Å². The standard InChI is InChI=1S/2C2H2O4.Ba.Fe/c2*3-1(4)2(5)6;;/h2*(H,3,4)(H,5,6);;/q;;+2;/p-2. The van der Waals surface area contributed by atoms with Crippen LogP contribution in [-0.2, 0) is 36.2 Å². The summed E-state index contributed by atoms with van der Waals surface area (Å²) in [6.07, 6.45) is 0. The van der Waals surface area contributed by atoms with E-state index in [2.05, 4.69) is 0 Å². The Morgan fingerprint density at radius 3 is 0.929 bits per heavy atom. The van der Waals surface area contributed by atoms with Gasteiger partial charge >= 0.3 is 60.8 Å². The van der Waals surface area contributed by atoms with E-state index >= 15 is 0 Å². The van der Waals surface area contributed by atoms with Crippen LogP contribution in [0, 0.1) is 0 Å². The van der Waals surface area contributed by atoms with Gasteiger partial charge in [0.05, 0.1) is 11.9 Å². The summed E-state index contributed by atoms with van der Waals surface area (Å²) in [6, 6.07) is 0. The molecule has 0 unspecified atom stereocenters. The monoisotopic (exact) mass is 372 g/mol. The van der Waals surface area contributed by atoms with E-state index in [1.54, 1.807) is 0 Å². The molecule has 0 rings (SSSR count). The van der Waals surface area contributed by atoms with Crippen molar-refractivity contribution >= 4 is 72.8 Å². The van der Waals surface area contributed by atoms with Gasteiger partial charge in [-0.25, -0.2) is 9.59 Å². The van der Waals surface area contributed by atoms with Crippen LogP contribution in [0.5, 0.6) is 0 Å². The molecule has 14 heavy (non-hydrogen) atoms. The average molecular weight is 371 g/mol. The van der Waals surface area contributed by atoms with E-state index in [1.165, 1.54) is 0 Å². The van der Waals surface area contributed by atoms with E-state index in [0.717, 1.165) is 0 Å². The number of aliphatic carboxylic acids is 4. The zero-order valence-electron chi connectivity index (χ0n) is 6.40. The van der Waals surface area contributed by atoms with E-state index in [9.17, 15) is 0 Å². The van der Waals surface area contributed by atoms with Gasteiger partial charge in [-0.3, -0.25) is 0 Å². The fourth-order valence-electron chi connectivity index (χ4n) is 0. The largest absolute Gasteiger partial charge is 2.00 e. The molecule has 0 aromatic carbocycles. The maximum absolute atomic E-state index is 9.10. The molecule has 0 aliphatic heterocycles. The molecule has 10 heteroatoms. The number of rotatable bonds is 0. The second-order valence-corrected chi connectivity index (χ2v) is 1.19. The Bertz CT molecular complexity index is 177. The van der Waals surface area contributed by atoms with Crippen LogP contribution in [0.3, 0.4) is 0 Å². The number of carbonyl (C=O) groups is 4. The zero-order valence-corrected chi connectivity index (χ0v) is 11.9. The van der Waals surface area contributed by atoms with Crippen molar-refractivity contribution < 1.29 is 56.7 Å². The van der Waals surface area contributed by atoms with Crippen LogP contribution in [0.15, 0.2) is 0 Å². The molecule has 0 atom stereocenters. The van der Waals surface area contributed by atoms with E-state index in [1.807, 2.05) is 0 Å². The Hall–Kier alpha value is -0.0291. The molecular formula is C4H2BaFeO8. The van der Waals surface area contributed by atoms with Crippen molar-refractivity contribution in [3.8, 4) is 0 Å². The van der Waals surface area contributed by atoms with Gasteiger partial charge in [0.2, 0.25) is 0 Å². The molecule has 0 saturated heterocycles. The van der Waals surface area contributed by atoms with Crippen molar-refractivity contribution in [1.82, 2.24) is 0 Å². The number of carboxylic acids is 4. The summed E-state index contributed by atoms with van der Waals surface area (Å²) >= 11 is 0. The minimum Gasteiger partial charge on any atom is -0.543 e. The minimum absolute atomic E-state index is 0. The molecule has 0 saturated carbocycles. The molecule has 2 N–H and O–H groups in total. The van der Waals surface area contributed by atoms with Gasteiger partial charge in [-0.05, 0) is 0 Å². The van der Waals surface area contributed by atoms with Crippen LogP contribution in [0.1, 0.15) is 0 Å². The summed E-state index contributed by atoms with van der Waals surface area (Å²) in [6.45, 7) is 0. The molecule has 0 radical (unpaired) electrons. The van der Waals surface area contributed by atoms with Gasteiger partial charge in [0.15, 0.2) is 0 Å². The van der Waals surface area contributed by atoms with Gasteiger partial charge < -0.3 is 30.0 Å². The van der Waals surface area contributed by atoms with Gasteiger partial charge in [0.1, 0.15) is 0 Å². The third kappa shape index (κ3) is 22.7. The normalized spacial score (nSPS) is 6.29.